The molecule has 2 heteroatoms. The fourth-order valence-electron chi connectivity index (χ4n) is 2.73. The van der Waals surface area contributed by atoms with Crippen molar-refractivity contribution < 1.29 is 0 Å². The molecule has 0 aliphatic carbocycles. The third-order valence-electron chi connectivity index (χ3n) is 3.58. The highest BCUT2D eigenvalue weighted by Gasteiger charge is 2.28. The van der Waals surface area contributed by atoms with E-state index in [1.165, 1.54) is 22.5 Å². The van der Waals surface area contributed by atoms with Gasteiger partial charge in [0, 0.05) is 17.0 Å². The van der Waals surface area contributed by atoms with Crippen LogP contribution in [0.5, 0.6) is 0 Å². The molecule has 2 rings (SSSR count). The first-order valence-corrected chi connectivity index (χ1v) is 7.53. The van der Waals surface area contributed by atoms with Gasteiger partial charge in [0.15, 0.2) is 0 Å². The summed E-state index contributed by atoms with van der Waals surface area (Å²) in [5, 5.41) is 4.89. The Morgan fingerprint density at radius 1 is 1.10 bits per heavy atom. The molecule has 0 saturated carbocycles. The molecule has 108 valence electrons. The van der Waals surface area contributed by atoms with Crippen LogP contribution in [0, 0.1) is 0 Å². The van der Waals surface area contributed by atoms with Gasteiger partial charge in [-0.1, -0.05) is 58.0 Å². The molecular weight excluding hydrogens is 244 g/mol. The summed E-state index contributed by atoms with van der Waals surface area (Å²) >= 11 is 0. The molecule has 0 bridgehead atoms. The molecule has 2 aromatic rings. The summed E-state index contributed by atoms with van der Waals surface area (Å²) in [5.74, 6) is 0. The fraction of sp³-hybridized carbons (Fsp3) is 0.500. The van der Waals surface area contributed by atoms with E-state index in [0.29, 0.717) is 6.04 Å². The summed E-state index contributed by atoms with van der Waals surface area (Å²) in [4.78, 5) is 0. The number of aryl methyl sites for hydroxylation is 1. The van der Waals surface area contributed by atoms with Gasteiger partial charge < -0.3 is 0 Å². The standard InChI is InChI=1S/C18H26N2/c1-7-15-16(14-11-9-8-10-12-14)17(18(4,5)6)20(19-15)13(2)3/h8-13H,7H2,1-6H3. The number of hydrogen-bond acceptors (Lipinski definition) is 1. The van der Waals surface area contributed by atoms with Crippen molar-refractivity contribution in [1.29, 1.82) is 0 Å². The highest BCUT2D eigenvalue weighted by molar-refractivity contribution is 5.70. The number of benzene rings is 1. The van der Waals surface area contributed by atoms with Gasteiger partial charge in [-0.15, -0.1) is 0 Å². The first-order chi connectivity index (χ1) is 9.36. The maximum atomic E-state index is 4.89. The van der Waals surface area contributed by atoms with Crippen molar-refractivity contribution in [1.82, 2.24) is 9.78 Å². The van der Waals surface area contributed by atoms with E-state index in [0.717, 1.165) is 6.42 Å². The minimum Gasteiger partial charge on any atom is -0.266 e. The smallest absolute Gasteiger partial charge is 0.0703 e. The minimum absolute atomic E-state index is 0.0792. The SMILES string of the molecule is CCc1nn(C(C)C)c(C(C)(C)C)c1-c1ccccc1. The van der Waals surface area contributed by atoms with Crippen LogP contribution in [-0.2, 0) is 11.8 Å². The Bertz CT molecular complexity index is 571. The summed E-state index contributed by atoms with van der Waals surface area (Å²) < 4.78 is 2.21. The van der Waals surface area contributed by atoms with Crippen LogP contribution in [0.3, 0.4) is 0 Å². The predicted molar refractivity (Wildman–Crippen MR) is 86.1 cm³/mol. The molecule has 1 heterocycles. The van der Waals surface area contributed by atoms with Gasteiger partial charge in [0.05, 0.1) is 11.4 Å². The van der Waals surface area contributed by atoms with Crippen molar-refractivity contribution in [3.8, 4) is 11.1 Å². The lowest BCUT2D eigenvalue weighted by molar-refractivity contribution is 0.445. The molecule has 20 heavy (non-hydrogen) atoms. The molecule has 0 atom stereocenters. The van der Waals surface area contributed by atoms with Crippen LogP contribution in [-0.4, -0.2) is 9.78 Å². The van der Waals surface area contributed by atoms with Gasteiger partial charge in [-0.05, 0) is 25.8 Å². The molecule has 0 fully saturated rings. The second-order valence-electron chi connectivity index (χ2n) is 6.68. The van der Waals surface area contributed by atoms with Gasteiger partial charge in [0.1, 0.15) is 0 Å². The van der Waals surface area contributed by atoms with Gasteiger partial charge in [-0.3, -0.25) is 4.68 Å². The van der Waals surface area contributed by atoms with Crippen LogP contribution in [0.4, 0.5) is 0 Å². The second kappa shape index (κ2) is 5.43. The zero-order chi connectivity index (χ0) is 14.9. The van der Waals surface area contributed by atoms with Gasteiger partial charge in [-0.25, -0.2) is 0 Å². The average Bonchev–Trinajstić information content (AvgIpc) is 2.79. The van der Waals surface area contributed by atoms with Crippen molar-refractivity contribution in [3.63, 3.8) is 0 Å². The maximum absolute atomic E-state index is 4.89. The van der Waals surface area contributed by atoms with Crippen LogP contribution in [0.2, 0.25) is 0 Å². The molecule has 1 aromatic carbocycles. The van der Waals surface area contributed by atoms with E-state index in [4.69, 9.17) is 5.10 Å². The third-order valence-corrected chi connectivity index (χ3v) is 3.58. The Balaban J connectivity index is 2.77. The average molecular weight is 270 g/mol. The fourth-order valence-corrected chi connectivity index (χ4v) is 2.73. The maximum Gasteiger partial charge on any atom is 0.0703 e. The Hall–Kier alpha value is -1.57. The van der Waals surface area contributed by atoms with Crippen molar-refractivity contribution in [3.05, 3.63) is 41.7 Å². The van der Waals surface area contributed by atoms with Crippen molar-refractivity contribution in [2.24, 2.45) is 0 Å². The summed E-state index contributed by atoms with van der Waals surface area (Å²) in [6.07, 6.45) is 0.965. The highest BCUT2D eigenvalue weighted by Crippen LogP contribution is 2.37. The Morgan fingerprint density at radius 3 is 2.15 bits per heavy atom. The first kappa shape index (κ1) is 14.8. The summed E-state index contributed by atoms with van der Waals surface area (Å²) in [7, 11) is 0. The summed E-state index contributed by atoms with van der Waals surface area (Å²) in [6, 6.07) is 11.0. The second-order valence-corrected chi connectivity index (χ2v) is 6.68. The normalized spacial score (nSPS) is 12.2. The number of hydrogen-bond donors (Lipinski definition) is 0. The first-order valence-electron chi connectivity index (χ1n) is 7.53. The number of aromatic nitrogens is 2. The largest absolute Gasteiger partial charge is 0.266 e. The monoisotopic (exact) mass is 270 g/mol. The molecular formula is C18H26N2. The predicted octanol–water partition coefficient (Wildman–Crippen LogP) is 4.99. The third kappa shape index (κ3) is 2.65. The van der Waals surface area contributed by atoms with Gasteiger partial charge in [0.2, 0.25) is 0 Å². The molecule has 0 aliphatic rings. The molecule has 2 nitrogen and oxygen atoms in total. The Morgan fingerprint density at radius 2 is 1.70 bits per heavy atom. The van der Waals surface area contributed by atoms with Crippen LogP contribution in [0.1, 0.15) is 59.0 Å². The molecule has 0 radical (unpaired) electrons. The van der Waals surface area contributed by atoms with Crippen molar-refractivity contribution >= 4 is 0 Å². The molecule has 0 N–H and O–H groups in total. The van der Waals surface area contributed by atoms with Crippen LogP contribution in [0.25, 0.3) is 11.1 Å². The van der Waals surface area contributed by atoms with Gasteiger partial charge in [-0.2, -0.15) is 5.10 Å². The van der Waals surface area contributed by atoms with E-state index in [1.54, 1.807) is 0 Å². The van der Waals surface area contributed by atoms with E-state index in [1.807, 2.05) is 0 Å². The molecule has 1 aromatic heterocycles. The lowest BCUT2D eigenvalue weighted by Crippen LogP contribution is -2.20. The van der Waals surface area contributed by atoms with Crippen molar-refractivity contribution in [2.45, 2.75) is 59.4 Å². The van der Waals surface area contributed by atoms with Crippen LogP contribution in [0.15, 0.2) is 30.3 Å². The van der Waals surface area contributed by atoms with Gasteiger partial charge >= 0.3 is 0 Å². The Labute approximate surface area is 122 Å². The topological polar surface area (TPSA) is 17.8 Å². The van der Waals surface area contributed by atoms with E-state index in [2.05, 4.69) is 76.6 Å². The molecule has 0 aliphatic heterocycles. The van der Waals surface area contributed by atoms with Crippen molar-refractivity contribution in [2.75, 3.05) is 0 Å². The zero-order valence-corrected chi connectivity index (χ0v) is 13.6. The Kier molecular flexibility index (Phi) is 4.03. The van der Waals surface area contributed by atoms with E-state index >= 15 is 0 Å². The van der Waals surface area contributed by atoms with Crippen LogP contribution >= 0.6 is 0 Å². The zero-order valence-electron chi connectivity index (χ0n) is 13.6. The summed E-state index contributed by atoms with van der Waals surface area (Å²) in [5.41, 5.74) is 5.23. The van der Waals surface area contributed by atoms with E-state index < -0.39 is 0 Å². The lowest BCUT2D eigenvalue weighted by atomic mass is 9.85. The number of nitrogens with zero attached hydrogens (tertiary/aromatic N) is 2. The summed E-state index contributed by atoms with van der Waals surface area (Å²) in [6.45, 7) is 13.4. The van der Waals surface area contributed by atoms with Gasteiger partial charge in [0.25, 0.3) is 0 Å². The lowest BCUT2D eigenvalue weighted by Gasteiger charge is -2.24. The highest BCUT2D eigenvalue weighted by atomic mass is 15.3. The minimum atomic E-state index is 0.0792. The quantitative estimate of drug-likeness (QED) is 0.768. The molecule has 0 unspecified atom stereocenters. The molecule has 0 saturated heterocycles. The van der Waals surface area contributed by atoms with E-state index in [9.17, 15) is 0 Å². The molecule has 0 spiro atoms. The molecule has 0 amide bonds. The number of rotatable bonds is 3. The van der Waals surface area contributed by atoms with Crippen LogP contribution < -0.4 is 0 Å². The van der Waals surface area contributed by atoms with E-state index in [-0.39, 0.29) is 5.41 Å².